The molecule has 0 aliphatic rings. The van der Waals surface area contributed by atoms with Gasteiger partial charge in [0.2, 0.25) is 0 Å². The average Bonchev–Trinajstić information content (AvgIpc) is 2.27. The molecule has 0 fully saturated rings. The smallest absolute Gasteiger partial charge is 0.172 e. The first-order valence-electron chi connectivity index (χ1n) is 4.39. The highest BCUT2D eigenvalue weighted by molar-refractivity contribution is 8.00. The fourth-order valence-corrected chi connectivity index (χ4v) is 1.21. The highest BCUT2D eigenvalue weighted by Crippen LogP contribution is 2.21. The van der Waals surface area contributed by atoms with E-state index >= 15 is 0 Å². The molecular formula is C12H14OS. The standard InChI is InChI=1S/C12H14OS/c1-12(13-2,14-3)10-9-11-7-5-4-6-8-11/h4-8H,1-3H3. The Hall–Kier alpha value is -0.910. The van der Waals surface area contributed by atoms with E-state index in [9.17, 15) is 0 Å². The summed E-state index contributed by atoms with van der Waals surface area (Å²) in [6, 6.07) is 9.92. The Kier molecular flexibility index (Phi) is 4.06. The number of ether oxygens (including phenoxy) is 1. The van der Waals surface area contributed by atoms with Crippen LogP contribution in [0.3, 0.4) is 0 Å². The third-order valence-electron chi connectivity index (χ3n) is 1.99. The van der Waals surface area contributed by atoms with Crippen molar-refractivity contribution >= 4 is 11.8 Å². The van der Waals surface area contributed by atoms with Crippen molar-refractivity contribution in [2.24, 2.45) is 0 Å². The highest BCUT2D eigenvalue weighted by atomic mass is 32.2. The first kappa shape index (κ1) is 11.2. The molecule has 1 rings (SSSR count). The Balaban J connectivity index is 2.82. The number of thioether (sulfide) groups is 1. The zero-order valence-corrected chi connectivity index (χ0v) is 9.52. The molecule has 0 saturated heterocycles. The number of hydrogen-bond acceptors (Lipinski definition) is 2. The molecule has 1 atom stereocenters. The minimum atomic E-state index is -0.407. The maximum Gasteiger partial charge on any atom is 0.172 e. The van der Waals surface area contributed by atoms with Crippen LogP contribution in [0.5, 0.6) is 0 Å². The number of benzene rings is 1. The molecule has 0 radical (unpaired) electrons. The van der Waals surface area contributed by atoms with E-state index in [1.165, 1.54) is 0 Å². The summed E-state index contributed by atoms with van der Waals surface area (Å²) in [4.78, 5) is -0.407. The van der Waals surface area contributed by atoms with Crippen molar-refractivity contribution in [3.05, 3.63) is 35.9 Å². The second-order valence-electron chi connectivity index (χ2n) is 2.97. The lowest BCUT2D eigenvalue weighted by atomic mass is 10.2. The van der Waals surface area contributed by atoms with Gasteiger partial charge in [0.05, 0.1) is 0 Å². The summed E-state index contributed by atoms with van der Waals surface area (Å²) in [6.07, 6.45) is 1.99. The topological polar surface area (TPSA) is 9.23 Å². The molecule has 0 aliphatic carbocycles. The van der Waals surface area contributed by atoms with Crippen LogP contribution in [0, 0.1) is 11.8 Å². The zero-order valence-electron chi connectivity index (χ0n) is 8.70. The van der Waals surface area contributed by atoms with Gasteiger partial charge in [-0.05, 0) is 25.3 Å². The third-order valence-corrected chi connectivity index (χ3v) is 3.03. The summed E-state index contributed by atoms with van der Waals surface area (Å²) in [7, 11) is 1.68. The van der Waals surface area contributed by atoms with E-state index in [1.54, 1.807) is 18.9 Å². The van der Waals surface area contributed by atoms with E-state index in [-0.39, 0.29) is 0 Å². The van der Waals surface area contributed by atoms with Crippen molar-refractivity contribution in [3.8, 4) is 11.8 Å². The van der Waals surface area contributed by atoms with E-state index in [1.807, 2.05) is 43.5 Å². The van der Waals surface area contributed by atoms with Gasteiger partial charge in [-0.1, -0.05) is 30.0 Å². The molecule has 0 N–H and O–H groups in total. The Morgan fingerprint density at radius 3 is 2.43 bits per heavy atom. The summed E-state index contributed by atoms with van der Waals surface area (Å²) in [5.74, 6) is 6.19. The lowest BCUT2D eigenvalue weighted by Crippen LogP contribution is -2.19. The van der Waals surface area contributed by atoms with Gasteiger partial charge in [-0.2, -0.15) is 0 Å². The van der Waals surface area contributed by atoms with Crippen molar-refractivity contribution in [2.75, 3.05) is 13.4 Å². The van der Waals surface area contributed by atoms with Crippen molar-refractivity contribution < 1.29 is 4.74 Å². The summed E-state index contributed by atoms with van der Waals surface area (Å²) in [5.41, 5.74) is 1.02. The van der Waals surface area contributed by atoms with Crippen LogP contribution in [0.2, 0.25) is 0 Å². The van der Waals surface area contributed by atoms with Gasteiger partial charge in [0.25, 0.3) is 0 Å². The lowest BCUT2D eigenvalue weighted by molar-refractivity contribution is 0.135. The van der Waals surface area contributed by atoms with Crippen LogP contribution in [0.15, 0.2) is 30.3 Å². The molecule has 0 heterocycles. The summed E-state index contributed by atoms with van der Waals surface area (Å²) in [6.45, 7) is 1.97. The van der Waals surface area contributed by atoms with Crippen LogP contribution in [-0.2, 0) is 4.74 Å². The first-order valence-corrected chi connectivity index (χ1v) is 5.61. The number of rotatable bonds is 2. The minimum Gasteiger partial charge on any atom is -0.357 e. The van der Waals surface area contributed by atoms with Crippen LogP contribution in [-0.4, -0.2) is 18.3 Å². The first-order chi connectivity index (χ1) is 6.70. The molecule has 0 saturated carbocycles. The van der Waals surface area contributed by atoms with Crippen LogP contribution in [0.4, 0.5) is 0 Å². The SMILES string of the molecule is COC(C)(C#Cc1ccccc1)SC. The van der Waals surface area contributed by atoms with Crippen LogP contribution < -0.4 is 0 Å². The van der Waals surface area contributed by atoms with E-state index in [4.69, 9.17) is 4.74 Å². The maximum absolute atomic E-state index is 5.30. The molecule has 14 heavy (non-hydrogen) atoms. The van der Waals surface area contributed by atoms with Crippen LogP contribution in [0.1, 0.15) is 12.5 Å². The van der Waals surface area contributed by atoms with Crippen molar-refractivity contribution in [2.45, 2.75) is 11.9 Å². The lowest BCUT2D eigenvalue weighted by Gasteiger charge is -2.18. The summed E-state index contributed by atoms with van der Waals surface area (Å²) in [5, 5.41) is 0. The van der Waals surface area contributed by atoms with Gasteiger partial charge in [0.15, 0.2) is 4.93 Å². The Labute approximate surface area is 89.9 Å². The molecule has 1 unspecified atom stereocenters. The zero-order chi connectivity index (χ0) is 10.4. The van der Waals surface area contributed by atoms with Crippen molar-refractivity contribution in [1.82, 2.24) is 0 Å². The average molecular weight is 206 g/mol. The highest BCUT2D eigenvalue weighted by Gasteiger charge is 2.17. The molecule has 0 bridgehead atoms. The van der Waals surface area contributed by atoms with Crippen LogP contribution >= 0.6 is 11.8 Å². The predicted molar refractivity (Wildman–Crippen MR) is 62.2 cm³/mol. The Morgan fingerprint density at radius 2 is 1.93 bits per heavy atom. The normalized spacial score (nSPS) is 13.9. The monoisotopic (exact) mass is 206 g/mol. The largest absolute Gasteiger partial charge is 0.357 e. The Bertz CT molecular complexity index is 330. The Morgan fingerprint density at radius 1 is 1.29 bits per heavy atom. The predicted octanol–water partition coefficient (Wildman–Crippen LogP) is 2.76. The van der Waals surface area contributed by atoms with Gasteiger partial charge < -0.3 is 4.74 Å². The quantitative estimate of drug-likeness (QED) is 0.543. The fraction of sp³-hybridized carbons (Fsp3) is 0.333. The second-order valence-corrected chi connectivity index (χ2v) is 4.16. The molecule has 0 spiro atoms. The van der Waals surface area contributed by atoms with Gasteiger partial charge in [-0.15, -0.1) is 11.8 Å². The molecule has 0 aliphatic heterocycles. The number of hydrogen-bond donors (Lipinski definition) is 0. The molecule has 2 heteroatoms. The van der Waals surface area contributed by atoms with E-state index in [2.05, 4.69) is 11.8 Å². The molecule has 1 nitrogen and oxygen atoms in total. The molecule has 1 aromatic carbocycles. The van der Waals surface area contributed by atoms with E-state index in [0.29, 0.717) is 0 Å². The summed E-state index contributed by atoms with van der Waals surface area (Å²) < 4.78 is 5.30. The third kappa shape index (κ3) is 3.10. The van der Waals surface area contributed by atoms with Crippen LogP contribution in [0.25, 0.3) is 0 Å². The summed E-state index contributed by atoms with van der Waals surface area (Å²) >= 11 is 1.60. The molecular weight excluding hydrogens is 192 g/mol. The van der Waals surface area contributed by atoms with Gasteiger partial charge in [0, 0.05) is 12.7 Å². The van der Waals surface area contributed by atoms with E-state index < -0.39 is 4.93 Å². The van der Waals surface area contributed by atoms with E-state index in [0.717, 1.165) is 5.56 Å². The van der Waals surface area contributed by atoms with Crippen molar-refractivity contribution in [3.63, 3.8) is 0 Å². The second kappa shape index (κ2) is 5.09. The molecule has 1 aromatic rings. The molecule has 0 aromatic heterocycles. The maximum atomic E-state index is 5.30. The van der Waals surface area contributed by atoms with Gasteiger partial charge in [-0.25, -0.2) is 0 Å². The van der Waals surface area contributed by atoms with Gasteiger partial charge >= 0.3 is 0 Å². The minimum absolute atomic E-state index is 0.407. The molecule has 74 valence electrons. The fourth-order valence-electron chi connectivity index (χ4n) is 0.893. The molecule has 0 amide bonds. The number of methoxy groups -OCH3 is 1. The van der Waals surface area contributed by atoms with Gasteiger partial charge in [-0.3, -0.25) is 0 Å². The van der Waals surface area contributed by atoms with Gasteiger partial charge in [0.1, 0.15) is 0 Å². The van der Waals surface area contributed by atoms with Crippen molar-refractivity contribution in [1.29, 1.82) is 0 Å².